The smallest absolute Gasteiger partial charge is 0.274 e. The molecule has 0 aliphatic rings. The summed E-state index contributed by atoms with van der Waals surface area (Å²) in [7, 11) is 0. The number of nitrogens with one attached hydrogen (secondary N) is 2. The number of rotatable bonds is 6. The van der Waals surface area contributed by atoms with Crippen LogP contribution in [0.1, 0.15) is 23.0 Å². The summed E-state index contributed by atoms with van der Waals surface area (Å²) in [5, 5.41) is 6.51. The van der Waals surface area contributed by atoms with Gasteiger partial charge in [-0.05, 0) is 49.7 Å². The molecule has 2 aromatic carbocycles. The molecule has 27 heavy (non-hydrogen) atoms. The second-order valence-electron chi connectivity index (χ2n) is 5.74. The van der Waals surface area contributed by atoms with Crippen LogP contribution in [0.2, 0.25) is 5.02 Å². The van der Waals surface area contributed by atoms with E-state index in [2.05, 4.69) is 20.6 Å². The molecule has 0 saturated heterocycles. The molecule has 1 amide bonds. The van der Waals surface area contributed by atoms with Crippen LogP contribution in [0.5, 0.6) is 5.75 Å². The lowest BCUT2D eigenvalue weighted by Crippen LogP contribution is -2.15. The Hall–Kier alpha value is -3.12. The van der Waals surface area contributed by atoms with Gasteiger partial charge in [0, 0.05) is 16.9 Å². The summed E-state index contributed by atoms with van der Waals surface area (Å²) in [5.74, 6) is 0.560. The number of hydrogen-bond acceptors (Lipinski definition) is 5. The number of carbonyl (C=O) groups is 1. The van der Waals surface area contributed by atoms with Gasteiger partial charge in [0.05, 0.1) is 12.3 Å². The molecule has 0 unspecified atom stereocenters. The van der Waals surface area contributed by atoms with Gasteiger partial charge in [0.25, 0.3) is 5.91 Å². The van der Waals surface area contributed by atoms with Gasteiger partial charge in [-0.3, -0.25) is 4.79 Å². The molecule has 0 radical (unpaired) electrons. The maximum Gasteiger partial charge on any atom is 0.274 e. The van der Waals surface area contributed by atoms with Crippen LogP contribution in [-0.2, 0) is 0 Å². The van der Waals surface area contributed by atoms with Crippen molar-refractivity contribution >= 4 is 34.8 Å². The highest BCUT2D eigenvalue weighted by Crippen LogP contribution is 2.25. The number of para-hydroxylation sites is 2. The number of hydrogen-bond donors (Lipinski definition) is 2. The highest BCUT2D eigenvalue weighted by molar-refractivity contribution is 6.31. The van der Waals surface area contributed by atoms with E-state index in [1.807, 2.05) is 38.1 Å². The van der Waals surface area contributed by atoms with Crippen LogP contribution in [0.25, 0.3) is 0 Å². The lowest BCUT2D eigenvalue weighted by molar-refractivity contribution is 0.102. The zero-order valence-corrected chi connectivity index (χ0v) is 15.7. The van der Waals surface area contributed by atoms with E-state index >= 15 is 0 Å². The van der Waals surface area contributed by atoms with E-state index in [4.69, 9.17) is 16.3 Å². The SMILES string of the molecule is CCOc1ccccc1NC(=O)c1ccnc(Nc2ccc(C)c(Cl)c2)n1. The number of halogens is 1. The van der Waals surface area contributed by atoms with E-state index in [-0.39, 0.29) is 11.6 Å². The van der Waals surface area contributed by atoms with Crippen LogP contribution in [0.15, 0.2) is 54.7 Å². The molecule has 0 atom stereocenters. The summed E-state index contributed by atoms with van der Waals surface area (Å²) in [6, 6.07) is 14.3. The number of anilines is 3. The summed E-state index contributed by atoms with van der Waals surface area (Å²) in [5.41, 5.74) is 2.54. The molecule has 1 aromatic heterocycles. The first-order chi connectivity index (χ1) is 13.1. The van der Waals surface area contributed by atoms with E-state index in [1.54, 1.807) is 24.3 Å². The molecule has 0 aliphatic heterocycles. The van der Waals surface area contributed by atoms with Gasteiger partial charge in [-0.2, -0.15) is 0 Å². The predicted octanol–water partition coefficient (Wildman–Crippen LogP) is 4.83. The minimum atomic E-state index is -0.352. The molecule has 7 heteroatoms. The van der Waals surface area contributed by atoms with Gasteiger partial charge in [-0.15, -0.1) is 0 Å². The molecular formula is C20H19ClN4O2. The van der Waals surface area contributed by atoms with Crippen molar-refractivity contribution in [1.82, 2.24) is 9.97 Å². The van der Waals surface area contributed by atoms with Crippen molar-refractivity contribution in [3.05, 3.63) is 71.0 Å². The second-order valence-corrected chi connectivity index (χ2v) is 6.14. The van der Waals surface area contributed by atoms with E-state index in [0.717, 1.165) is 11.3 Å². The number of carbonyl (C=O) groups excluding carboxylic acids is 1. The highest BCUT2D eigenvalue weighted by atomic mass is 35.5. The summed E-state index contributed by atoms with van der Waals surface area (Å²) in [6.45, 7) is 4.32. The van der Waals surface area contributed by atoms with E-state index in [1.165, 1.54) is 6.20 Å². The normalized spacial score (nSPS) is 10.3. The van der Waals surface area contributed by atoms with E-state index < -0.39 is 0 Å². The first-order valence-corrected chi connectivity index (χ1v) is 8.84. The van der Waals surface area contributed by atoms with Crippen LogP contribution in [0.4, 0.5) is 17.3 Å². The van der Waals surface area contributed by atoms with Gasteiger partial charge in [0.15, 0.2) is 0 Å². The molecule has 2 N–H and O–H groups in total. The van der Waals surface area contributed by atoms with Crippen molar-refractivity contribution in [3.63, 3.8) is 0 Å². The van der Waals surface area contributed by atoms with Crippen molar-refractivity contribution in [2.24, 2.45) is 0 Å². The Morgan fingerprint density at radius 1 is 1.19 bits per heavy atom. The monoisotopic (exact) mass is 382 g/mol. The number of aryl methyl sites for hydroxylation is 1. The zero-order valence-electron chi connectivity index (χ0n) is 15.0. The molecule has 0 aliphatic carbocycles. The number of nitrogens with zero attached hydrogens (tertiary/aromatic N) is 2. The summed E-state index contributed by atoms with van der Waals surface area (Å²) in [4.78, 5) is 21.0. The van der Waals surface area contributed by atoms with Gasteiger partial charge in [0.1, 0.15) is 11.4 Å². The average molecular weight is 383 g/mol. The topological polar surface area (TPSA) is 76.1 Å². The highest BCUT2D eigenvalue weighted by Gasteiger charge is 2.12. The maximum atomic E-state index is 12.6. The number of ether oxygens (including phenoxy) is 1. The van der Waals surface area contributed by atoms with Gasteiger partial charge in [0.2, 0.25) is 5.95 Å². The number of amides is 1. The van der Waals surface area contributed by atoms with Crippen LogP contribution in [0, 0.1) is 6.92 Å². The molecule has 0 bridgehead atoms. The minimum Gasteiger partial charge on any atom is -0.492 e. The Balaban J connectivity index is 1.76. The third kappa shape index (κ3) is 4.74. The largest absolute Gasteiger partial charge is 0.492 e. The Kier molecular flexibility index (Phi) is 5.88. The fourth-order valence-corrected chi connectivity index (χ4v) is 2.56. The Morgan fingerprint density at radius 3 is 2.78 bits per heavy atom. The van der Waals surface area contributed by atoms with Crippen molar-refractivity contribution in [3.8, 4) is 5.75 Å². The minimum absolute atomic E-state index is 0.233. The van der Waals surface area contributed by atoms with Crippen molar-refractivity contribution in [2.45, 2.75) is 13.8 Å². The van der Waals surface area contributed by atoms with E-state index in [9.17, 15) is 4.79 Å². The number of benzene rings is 2. The summed E-state index contributed by atoms with van der Waals surface area (Å²) in [6.07, 6.45) is 1.52. The Bertz CT molecular complexity index is 962. The Labute approximate surface area is 162 Å². The Morgan fingerprint density at radius 2 is 2.00 bits per heavy atom. The summed E-state index contributed by atoms with van der Waals surface area (Å²) >= 11 is 6.14. The van der Waals surface area contributed by atoms with E-state index in [0.29, 0.717) is 29.0 Å². The van der Waals surface area contributed by atoms with Crippen LogP contribution >= 0.6 is 11.6 Å². The van der Waals surface area contributed by atoms with Gasteiger partial charge >= 0.3 is 0 Å². The average Bonchev–Trinajstić information content (AvgIpc) is 2.67. The van der Waals surface area contributed by atoms with Crippen LogP contribution < -0.4 is 15.4 Å². The zero-order chi connectivity index (χ0) is 19.2. The fourth-order valence-electron chi connectivity index (χ4n) is 2.38. The van der Waals surface area contributed by atoms with Crippen LogP contribution in [0.3, 0.4) is 0 Å². The van der Waals surface area contributed by atoms with Crippen molar-refractivity contribution in [1.29, 1.82) is 0 Å². The van der Waals surface area contributed by atoms with Gasteiger partial charge in [-0.25, -0.2) is 9.97 Å². The molecule has 0 spiro atoms. The first kappa shape index (κ1) is 18.7. The molecule has 0 fully saturated rings. The third-order valence-electron chi connectivity index (χ3n) is 3.75. The summed E-state index contributed by atoms with van der Waals surface area (Å²) < 4.78 is 5.52. The number of aromatic nitrogens is 2. The van der Waals surface area contributed by atoms with Gasteiger partial charge in [-0.1, -0.05) is 29.8 Å². The van der Waals surface area contributed by atoms with Crippen LogP contribution in [-0.4, -0.2) is 22.5 Å². The molecule has 6 nitrogen and oxygen atoms in total. The van der Waals surface area contributed by atoms with Crippen molar-refractivity contribution in [2.75, 3.05) is 17.2 Å². The standard InChI is InChI=1S/C20H19ClN4O2/c1-3-27-18-7-5-4-6-16(18)24-19(26)17-10-11-22-20(25-17)23-14-9-8-13(2)15(21)12-14/h4-12H,3H2,1-2H3,(H,24,26)(H,22,23,25). The second kappa shape index (κ2) is 8.51. The molecule has 1 heterocycles. The van der Waals surface area contributed by atoms with Crippen molar-refractivity contribution < 1.29 is 9.53 Å². The predicted molar refractivity (Wildman–Crippen MR) is 107 cm³/mol. The fraction of sp³-hybridized carbons (Fsp3) is 0.150. The quantitative estimate of drug-likeness (QED) is 0.638. The molecule has 0 saturated carbocycles. The molecule has 3 rings (SSSR count). The lowest BCUT2D eigenvalue weighted by Gasteiger charge is -2.11. The first-order valence-electron chi connectivity index (χ1n) is 8.46. The molecular weight excluding hydrogens is 364 g/mol. The third-order valence-corrected chi connectivity index (χ3v) is 4.16. The molecule has 138 valence electrons. The molecule has 3 aromatic rings. The lowest BCUT2D eigenvalue weighted by atomic mass is 10.2. The van der Waals surface area contributed by atoms with Gasteiger partial charge < -0.3 is 15.4 Å². The maximum absolute atomic E-state index is 12.6.